The number of halogens is 1. The largest absolute Gasteiger partial charge is 0.453 e. The zero-order valence-corrected chi connectivity index (χ0v) is 17.3. The van der Waals surface area contributed by atoms with E-state index in [2.05, 4.69) is 6.07 Å². The fraction of sp³-hybridized carbons (Fsp3) is 0.280. The molecule has 29 heavy (non-hydrogen) atoms. The van der Waals surface area contributed by atoms with Crippen LogP contribution in [0.5, 0.6) is 23.0 Å². The topological polar surface area (TPSA) is 44.5 Å². The predicted octanol–water partition coefficient (Wildman–Crippen LogP) is 7.27. The Kier molecular flexibility index (Phi) is 7.56. The van der Waals surface area contributed by atoms with Crippen molar-refractivity contribution >= 4 is 12.4 Å². The molecule has 0 unspecified atom stereocenters. The van der Waals surface area contributed by atoms with Gasteiger partial charge in [-0.25, -0.2) is 0 Å². The molecule has 0 amide bonds. The molecule has 1 atom stereocenters. The number of para-hydroxylation sites is 2. The summed E-state index contributed by atoms with van der Waals surface area (Å²) in [5, 5.41) is 0. The highest BCUT2D eigenvalue weighted by atomic mass is 35.5. The van der Waals surface area contributed by atoms with Gasteiger partial charge in [0.2, 0.25) is 0 Å². The highest BCUT2D eigenvalue weighted by Crippen LogP contribution is 2.39. The van der Waals surface area contributed by atoms with Crippen molar-refractivity contribution in [3.8, 4) is 23.0 Å². The van der Waals surface area contributed by atoms with Crippen LogP contribution in [-0.4, -0.2) is 0 Å². The maximum atomic E-state index is 6.64. The Hall–Kier alpha value is -2.49. The van der Waals surface area contributed by atoms with Gasteiger partial charge in [0, 0.05) is 6.04 Å². The number of benzene rings is 3. The SMILES string of the molecule is Cl.N[C@H](c1ccc(Oc2ccccc2)c(Oc2ccccc2)c1)C1CCCCC1. The van der Waals surface area contributed by atoms with Crippen molar-refractivity contribution in [2.45, 2.75) is 38.1 Å². The molecule has 0 heterocycles. The molecule has 0 spiro atoms. The molecule has 1 fully saturated rings. The van der Waals surface area contributed by atoms with E-state index in [0.29, 0.717) is 17.4 Å². The quantitative estimate of drug-likeness (QED) is 0.465. The molecule has 0 saturated heterocycles. The fourth-order valence-electron chi connectivity index (χ4n) is 3.89. The molecule has 1 aliphatic rings. The Labute approximate surface area is 179 Å². The van der Waals surface area contributed by atoms with E-state index in [-0.39, 0.29) is 18.4 Å². The molecule has 2 N–H and O–H groups in total. The molecule has 3 aromatic carbocycles. The van der Waals surface area contributed by atoms with Gasteiger partial charge < -0.3 is 15.2 Å². The van der Waals surface area contributed by atoms with Crippen molar-refractivity contribution in [2.75, 3.05) is 0 Å². The number of hydrogen-bond donors (Lipinski definition) is 1. The molecule has 4 heteroatoms. The molecule has 0 radical (unpaired) electrons. The maximum absolute atomic E-state index is 6.64. The Morgan fingerprint density at radius 3 is 1.83 bits per heavy atom. The van der Waals surface area contributed by atoms with Gasteiger partial charge in [-0.2, -0.15) is 0 Å². The summed E-state index contributed by atoms with van der Waals surface area (Å²) in [5.74, 6) is 3.49. The third-order valence-electron chi connectivity index (χ3n) is 5.45. The molecule has 3 nitrogen and oxygen atoms in total. The molecule has 4 rings (SSSR count). The first kappa shape index (κ1) is 21.2. The third-order valence-corrected chi connectivity index (χ3v) is 5.45. The minimum atomic E-state index is 0. The lowest BCUT2D eigenvalue weighted by Crippen LogP contribution is -2.23. The second kappa shape index (κ2) is 10.3. The highest BCUT2D eigenvalue weighted by Gasteiger charge is 2.23. The van der Waals surface area contributed by atoms with E-state index in [1.165, 1.54) is 32.1 Å². The van der Waals surface area contributed by atoms with Crippen LogP contribution >= 0.6 is 12.4 Å². The Bertz CT molecular complexity index is 880. The zero-order chi connectivity index (χ0) is 19.2. The molecule has 1 saturated carbocycles. The van der Waals surface area contributed by atoms with Crippen LogP contribution in [0.3, 0.4) is 0 Å². The van der Waals surface area contributed by atoms with Crippen molar-refractivity contribution < 1.29 is 9.47 Å². The van der Waals surface area contributed by atoms with E-state index in [1.54, 1.807) is 0 Å². The first-order valence-electron chi connectivity index (χ1n) is 10.1. The van der Waals surface area contributed by atoms with E-state index >= 15 is 0 Å². The summed E-state index contributed by atoms with van der Waals surface area (Å²) < 4.78 is 12.3. The van der Waals surface area contributed by atoms with Crippen LogP contribution in [0.1, 0.15) is 43.7 Å². The van der Waals surface area contributed by atoms with Gasteiger partial charge in [0.25, 0.3) is 0 Å². The van der Waals surface area contributed by atoms with Gasteiger partial charge in [-0.05, 0) is 60.7 Å². The number of nitrogens with two attached hydrogens (primary N) is 1. The molecule has 1 aliphatic carbocycles. The monoisotopic (exact) mass is 409 g/mol. The number of ether oxygens (including phenoxy) is 2. The van der Waals surface area contributed by atoms with Gasteiger partial charge in [0.05, 0.1) is 0 Å². The van der Waals surface area contributed by atoms with Gasteiger partial charge in [-0.3, -0.25) is 0 Å². The summed E-state index contributed by atoms with van der Waals surface area (Å²) in [4.78, 5) is 0. The average Bonchev–Trinajstić information content (AvgIpc) is 2.76. The van der Waals surface area contributed by atoms with Crippen molar-refractivity contribution in [1.29, 1.82) is 0 Å². The van der Waals surface area contributed by atoms with Crippen molar-refractivity contribution in [3.63, 3.8) is 0 Å². The standard InChI is InChI=1S/C25H27NO2.ClH/c26-25(19-10-4-1-5-11-19)20-16-17-23(27-21-12-6-2-7-13-21)24(18-20)28-22-14-8-3-9-15-22;/h2-3,6-9,12-19,25H,1,4-5,10-11,26H2;1H/t25-;/m0./s1. The van der Waals surface area contributed by atoms with Gasteiger partial charge in [-0.15, -0.1) is 12.4 Å². The van der Waals surface area contributed by atoms with Crippen molar-refractivity contribution in [2.24, 2.45) is 11.7 Å². The lowest BCUT2D eigenvalue weighted by atomic mass is 9.81. The van der Waals surface area contributed by atoms with Gasteiger partial charge in [0.1, 0.15) is 11.5 Å². The Morgan fingerprint density at radius 1 is 0.690 bits per heavy atom. The highest BCUT2D eigenvalue weighted by molar-refractivity contribution is 5.85. The number of rotatable bonds is 6. The second-order valence-corrected chi connectivity index (χ2v) is 7.46. The van der Waals surface area contributed by atoms with E-state index in [4.69, 9.17) is 15.2 Å². The summed E-state index contributed by atoms with van der Waals surface area (Å²) in [6.07, 6.45) is 6.30. The molecule has 0 aliphatic heterocycles. The fourth-order valence-corrected chi connectivity index (χ4v) is 3.89. The van der Waals surface area contributed by atoms with E-state index in [1.807, 2.05) is 72.8 Å². The molecule has 0 aromatic heterocycles. The Morgan fingerprint density at radius 2 is 1.24 bits per heavy atom. The normalized spacial score (nSPS) is 15.2. The van der Waals surface area contributed by atoms with Crippen LogP contribution in [-0.2, 0) is 0 Å². The van der Waals surface area contributed by atoms with Crippen LogP contribution in [0.15, 0.2) is 78.9 Å². The van der Waals surface area contributed by atoms with E-state index < -0.39 is 0 Å². The molecular formula is C25H28ClNO2. The van der Waals surface area contributed by atoms with Gasteiger partial charge in [0.15, 0.2) is 11.5 Å². The van der Waals surface area contributed by atoms with Crippen molar-refractivity contribution in [3.05, 3.63) is 84.4 Å². The van der Waals surface area contributed by atoms with Gasteiger partial charge in [-0.1, -0.05) is 61.7 Å². The first-order chi connectivity index (χ1) is 13.8. The summed E-state index contributed by atoms with van der Waals surface area (Å²) in [5.41, 5.74) is 7.75. The summed E-state index contributed by atoms with van der Waals surface area (Å²) in [7, 11) is 0. The van der Waals surface area contributed by atoms with Crippen LogP contribution in [0, 0.1) is 5.92 Å². The van der Waals surface area contributed by atoms with E-state index in [0.717, 1.165) is 17.1 Å². The summed E-state index contributed by atoms with van der Waals surface area (Å²) in [6.45, 7) is 0. The van der Waals surface area contributed by atoms with Crippen molar-refractivity contribution in [1.82, 2.24) is 0 Å². The lowest BCUT2D eigenvalue weighted by molar-refractivity contribution is 0.307. The molecular weight excluding hydrogens is 382 g/mol. The van der Waals surface area contributed by atoms with Crippen LogP contribution in [0.25, 0.3) is 0 Å². The second-order valence-electron chi connectivity index (χ2n) is 7.46. The van der Waals surface area contributed by atoms with Gasteiger partial charge >= 0.3 is 0 Å². The summed E-state index contributed by atoms with van der Waals surface area (Å²) in [6, 6.07) is 25.7. The van der Waals surface area contributed by atoms with Crippen LogP contribution < -0.4 is 15.2 Å². The lowest BCUT2D eigenvalue weighted by Gasteiger charge is -2.28. The molecule has 3 aromatic rings. The number of hydrogen-bond acceptors (Lipinski definition) is 3. The van der Waals surface area contributed by atoms with Crippen LogP contribution in [0.4, 0.5) is 0 Å². The Balaban J connectivity index is 0.00000240. The molecule has 0 bridgehead atoms. The first-order valence-corrected chi connectivity index (χ1v) is 10.1. The van der Waals surface area contributed by atoms with E-state index in [9.17, 15) is 0 Å². The predicted molar refractivity (Wildman–Crippen MR) is 120 cm³/mol. The molecule has 152 valence electrons. The maximum Gasteiger partial charge on any atom is 0.170 e. The minimum Gasteiger partial charge on any atom is -0.453 e. The minimum absolute atomic E-state index is 0. The third kappa shape index (κ3) is 5.53. The average molecular weight is 410 g/mol. The zero-order valence-electron chi connectivity index (χ0n) is 16.5. The van der Waals surface area contributed by atoms with Crippen LogP contribution in [0.2, 0.25) is 0 Å². The summed E-state index contributed by atoms with van der Waals surface area (Å²) >= 11 is 0. The smallest absolute Gasteiger partial charge is 0.170 e.